The van der Waals surface area contributed by atoms with Crippen LogP contribution in [0, 0.1) is 11.3 Å². The first-order valence-corrected chi connectivity index (χ1v) is 6.03. The maximum atomic E-state index is 11.1. The number of fused-ring (bicyclic) bond motifs is 1. The van der Waals surface area contributed by atoms with E-state index in [9.17, 15) is 15.0 Å². The van der Waals surface area contributed by atoms with E-state index >= 15 is 0 Å². The van der Waals surface area contributed by atoms with Crippen molar-refractivity contribution in [1.29, 1.82) is 5.26 Å². The lowest BCUT2D eigenvalue weighted by atomic mass is 9.86. The third-order valence-corrected chi connectivity index (χ3v) is 3.32. The average Bonchev–Trinajstić information content (AvgIpc) is 2.41. The van der Waals surface area contributed by atoms with Crippen LogP contribution in [0.15, 0.2) is 11.6 Å². The van der Waals surface area contributed by atoms with Crippen LogP contribution < -0.4 is 5.73 Å². The Bertz CT molecular complexity index is 612. The topological polar surface area (TPSA) is 107 Å². The zero-order valence-electron chi connectivity index (χ0n) is 10.3. The number of rotatable bonds is 2. The second-order valence-electron chi connectivity index (χ2n) is 4.53. The number of carbonyl (C=O) groups excluding carboxylic acids is 1. The normalized spacial score (nSPS) is 14.6. The van der Waals surface area contributed by atoms with E-state index in [1.807, 2.05) is 0 Å². The van der Waals surface area contributed by atoms with Gasteiger partial charge in [-0.2, -0.15) is 5.26 Å². The largest absolute Gasteiger partial charge is 0.504 e. The molecule has 1 amide bonds. The predicted octanol–water partition coefficient (Wildman–Crippen LogP) is 1.37. The molecule has 0 fully saturated rings. The van der Waals surface area contributed by atoms with E-state index in [0.29, 0.717) is 17.5 Å². The fourth-order valence-electron chi connectivity index (χ4n) is 2.39. The number of hydrogen-bond acceptors (Lipinski definition) is 4. The van der Waals surface area contributed by atoms with E-state index in [-0.39, 0.29) is 17.1 Å². The molecule has 1 aromatic rings. The van der Waals surface area contributed by atoms with Crippen molar-refractivity contribution in [1.82, 2.24) is 0 Å². The summed E-state index contributed by atoms with van der Waals surface area (Å²) < 4.78 is 0. The van der Waals surface area contributed by atoms with Gasteiger partial charge in [0.15, 0.2) is 11.5 Å². The lowest BCUT2D eigenvalue weighted by Gasteiger charge is -2.20. The number of phenols is 2. The van der Waals surface area contributed by atoms with Gasteiger partial charge in [-0.25, -0.2) is 0 Å². The van der Waals surface area contributed by atoms with Crippen molar-refractivity contribution in [2.24, 2.45) is 5.73 Å². The van der Waals surface area contributed by atoms with E-state index in [1.165, 1.54) is 12.1 Å². The molecule has 2 rings (SSSR count). The van der Waals surface area contributed by atoms with Crippen molar-refractivity contribution in [3.63, 3.8) is 0 Å². The summed E-state index contributed by atoms with van der Waals surface area (Å²) in [7, 11) is 0. The van der Waals surface area contributed by atoms with Crippen molar-refractivity contribution in [3.05, 3.63) is 28.3 Å². The molecule has 0 unspecified atom stereocenters. The Morgan fingerprint density at radius 2 is 1.95 bits per heavy atom. The zero-order chi connectivity index (χ0) is 14.0. The number of nitriles is 1. The molecule has 1 aromatic carbocycles. The average molecular weight is 258 g/mol. The van der Waals surface area contributed by atoms with Gasteiger partial charge in [0, 0.05) is 5.56 Å². The third kappa shape index (κ3) is 2.38. The first-order valence-electron chi connectivity index (χ1n) is 6.03. The summed E-state index contributed by atoms with van der Waals surface area (Å²) in [5.41, 5.74) is 7.06. The van der Waals surface area contributed by atoms with Crippen LogP contribution in [0.3, 0.4) is 0 Å². The smallest absolute Gasteiger partial charge is 0.259 e. The van der Waals surface area contributed by atoms with Crippen molar-refractivity contribution in [3.8, 4) is 17.6 Å². The Labute approximate surface area is 110 Å². The van der Waals surface area contributed by atoms with Gasteiger partial charge in [0.05, 0.1) is 0 Å². The highest BCUT2D eigenvalue weighted by Gasteiger charge is 2.20. The summed E-state index contributed by atoms with van der Waals surface area (Å²) in [5.74, 6) is -1.15. The molecule has 0 aromatic heterocycles. The van der Waals surface area contributed by atoms with Crippen molar-refractivity contribution >= 4 is 12.0 Å². The minimum absolute atomic E-state index is 0.107. The molecule has 5 nitrogen and oxygen atoms in total. The van der Waals surface area contributed by atoms with Crippen LogP contribution >= 0.6 is 0 Å². The number of benzene rings is 1. The van der Waals surface area contributed by atoms with Gasteiger partial charge in [0.1, 0.15) is 11.6 Å². The van der Waals surface area contributed by atoms with Gasteiger partial charge in [-0.1, -0.05) is 0 Å². The minimum atomic E-state index is -0.806. The van der Waals surface area contributed by atoms with Crippen molar-refractivity contribution in [2.75, 3.05) is 0 Å². The fourth-order valence-corrected chi connectivity index (χ4v) is 2.39. The van der Waals surface area contributed by atoms with Crippen LogP contribution in [0.1, 0.15) is 29.5 Å². The van der Waals surface area contributed by atoms with Crippen molar-refractivity contribution in [2.45, 2.75) is 25.7 Å². The molecule has 0 heterocycles. The van der Waals surface area contributed by atoms with E-state index in [4.69, 9.17) is 11.0 Å². The molecule has 0 atom stereocenters. The standard InChI is InChI=1S/C14H14N2O3/c15-7-9(14(16)19)5-8-6-12(17)13(18)11-4-2-1-3-10(8)11/h5-6,17-18H,1-4H2,(H2,16,19). The number of amides is 1. The summed E-state index contributed by atoms with van der Waals surface area (Å²) in [5, 5.41) is 28.4. The summed E-state index contributed by atoms with van der Waals surface area (Å²) in [6, 6.07) is 3.09. The van der Waals surface area contributed by atoms with Crippen LogP contribution in [0.25, 0.3) is 6.08 Å². The van der Waals surface area contributed by atoms with E-state index in [1.54, 1.807) is 6.07 Å². The van der Waals surface area contributed by atoms with Gasteiger partial charge in [-0.15, -0.1) is 0 Å². The number of hydrogen-bond donors (Lipinski definition) is 3. The molecule has 1 aliphatic rings. The second-order valence-corrected chi connectivity index (χ2v) is 4.53. The second kappa shape index (κ2) is 5.02. The molecule has 0 saturated carbocycles. The van der Waals surface area contributed by atoms with Crippen LogP contribution in [-0.2, 0) is 17.6 Å². The van der Waals surface area contributed by atoms with E-state index < -0.39 is 5.91 Å². The van der Waals surface area contributed by atoms with Gasteiger partial charge in [-0.3, -0.25) is 4.79 Å². The molecule has 4 N–H and O–H groups in total. The van der Waals surface area contributed by atoms with Crippen LogP contribution in [0.2, 0.25) is 0 Å². The minimum Gasteiger partial charge on any atom is -0.504 e. The summed E-state index contributed by atoms with van der Waals surface area (Å²) >= 11 is 0. The molecule has 0 saturated heterocycles. The molecule has 19 heavy (non-hydrogen) atoms. The van der Waals surface area contributed by atoms with Gasteiger partial charge >= 0.3 is 0 Å². The highest BCUT2D eigenvalue weighted by molar-refractivity contribution is 6.00. The van der Waals surface area contributed by atoms with Crippen LogP contribution in [0.5, 0.6) is 11.5 Å². The Balaban J connectivity index is 2.62. The lowest BCUT2D eigenvalue weighted by molar-refractivity contribution is -0.114. The Morgan fingerprint density at radius 3 is 2.53 bits per heavy atom. The maximum absolute atomic E-state index is 11.1. The maximum Gasteiger partial charge on any atom is 0.259 e. The fraction of sp³-hybridized carbons (Fsp3) is 0.286. The SMILES string of the molecule is N#CC(=Cc1cc(O)c(O)c2c1CCCC2)C(N)=O. The quantitative estimate of drug-likeness (QED) is 0.423. The Kier molecular flexibility index (Phi) is 3.43. The van der Waals surface area contributed by atoms with E-state index in [0.717, 1.165) is 24.8 Å². The summed E-state index contributed by atoms with van der Waals surface area (Å²) in [6.07, 6.45) is 4.69. The monoisotopic (exact) mass is 258 g/mol. The van der Waals surface area contributed by atoms with Gasteiger partial charge < -0.3 is 15.9 Å². The van der Waals surface area contributed by atoms with Gasteiger partial charge in [0.2, 0.25) is 0 Å². The van der Waals surface area contributed by atoms with Crippen LogP contribution in [-0.4, -0.2) is 16.1 Å². The molecule has 1 aliphatic carbocycles. The molecule has 5 heteroatoms. The van der Waals surface area contributed by atoms with Crippen LogP contribution in [0.4, 0.5) is 0 Å². The molecule has 0 radical (unpaired) electrons. The Morgan fingerprint density at radius 1 is 1.32 bits per heavy atom. The first kappa shape index (κ1) is 13.0. The van der Waals surface area contributed by atoms with Gasteiger partial charge in [-0.05, 0) is 49.0 Å². The first-order chi connectivity index (χ1) is 9.04. The van der Waals surface area contributed by atoms with Gasteiger partial charge in [0.25, 0.3) is 5.91 Å². The molecule has 98 valence electrons. The predicted molar refractivity (Wildman–Crippen MR) is 69.2 cm³/mol. The molecule has 0 spiro atoms. The number of primary amides is 1. The number of nitrogens with two attached hydrogens (primary N) is 1. The van der Waals surface area contributed by atoms with E-state index in [2.05, 4.69) is 0 Å². The number of carbonyl (C=O) groups is 1. The third-order valence-electron chi connectivity index (χ3n) is 3.32. The molecular weight excluding hydrogens is 244 g/mol. The Hall–Kier alpha value is -2.48. The summed E-state index contributed by atoms with van der Waals surface area (Å²) in [6.45, 7) is 0. The summed E-state index contributed by atoms with van der Waals surface area (Å²) in [4.78, 5) is 11.1. The number of aromatic hydroxyl groups is 2. The highest BCUT2D eigenvalue weighted by Crippen LogP contribution is 2.38. The molecular formula is C14H14N2O3. The van der Waals surface area contributed by atoms with Crippen molar-refractivity contribution < 1.29 is 15.0 Å². The number of phenolic OH excluding ortho intramolecular Hbond substituents is 2. The zero-order valence-corrected chi connectivity index (χ0v) is 10.3. The molecule has 0 bridgehead atoms. The molecule has 0 aliphatic heterocycles. The number of nitrogens with zero attached hydrogens (tertiary/aromatic N) is 1. The highest BCUT2D eigenvalue weighted by atomic mass is 16.3. The lowest BCUT2D eigenvalue weighted by Crippen LogP contribution is -2.13.